The number of nitrogens with zero attached hydrogens (tertiary/aromatic N) is 1. The first kappa shape index (κ1) is 19.4. The molecular formula is C24H18FNO4. The molecule has 5 nitrogen and oxygen atoms in total. The van der Waals surface area contributed by atoms with E-state index in [9.17, 15) is 24.2 Å². The lowest BCUT2D eigenvalue weighted by Gasteiger charge is -2.25. The van der Waals surface area contributed by atoms with E-state index in [1.165, 1.54) is 53.4 Å². The van der Waals surface area contributed by atoms with E-state index < -0.39 is 23.5 Å². The molecule has 3 aromatic rings. The lowest BCUT2D eigenvalue weighted by Crippen LogP contribution is -2.29. The average molecular weight is 403 g/mol. The number of hydrogen-bond acceptors (Lipinski definition) is 4. The third kappa shape index (κ3) is 3.33. The largest absolute Gasteiger partial charge is 0.508 e. The van der Waals surface area contributed by atoms with E-state index in [0.29, 0.717) is 16.8 Å². The number of anilines is 1. The van der Waals surface area contributed by atoms with Gasteiger partial charge < -0.3 is 10.2 Å². The van der Waals surface area contributed by atoms with Gasteiger partial charge in [-0.1, -0.05) is 42.0 Å². The number of aliphatic hydroxyl groups is 1. The van der Waals surface area contributed by atoms with Crippen LogP contribution in [0.3, 0.4) is 0 Å². The fourth-order valence-corrected chi connectivity index (χ4v) is 3.54. The Balaban J connectivity index is 1.93. The van der Waals surface area contributed by atoms with E-state index in [2.05, 4.69) is 0 Å². The summed E-state index contributed by atoms with van der Waals surface area (Å²) in [7, 11) is 0. The SMILES string of the molecule is Cc1ccc(C(O)=C2C(=O)C(=O)N(c3ccc(O)cc3)[C@H]2c2ccc(F)cc2)cc1. The highest BCUT2D eigenvalue weighted by Crippen LogP contribution is 2.42. The Morgan fingerprint density at radius 2 is 1.50 bits per heavy atom. The highest BCUT2D eigenvalue weighted by atomic mass is 19.1. The van der Waals surface area contributed by atoms with Crippen LogP contribution in [0.15, 0.2) is 78.4 Å². The second kappa shape index (κ2) is 7.48. The number of benzene rings is 3. The summed E-state index contributed by atoms with van der Waals surface area (Å²) in [5.41, 5.74) is 2.13. The first-order valence-corrected chi connectivity index (χ1v) is 9.29. The van der Waals surface area contributed by atoms with Crippen LogP contribution in [-0.4, -0.2) is 21.9 Å². The molecule has 150 valence electrons. The van der Waals surface area contributed by atoms with Crippen LogP contribution in [0.4, 0.5) is 10.1 Å². The van der Waals surface area contributed by atoms with Crippen molar-refractivity contribution in [1.82, 2.24) is 0 Å². The predicted octanol–water partition coefficient (Wildman–Crippen LogP) is 4.47. The van der Waals surface area contributed by atoms with Crippen molar-refractivity contribution in [3.8, 4) is 5.75 Å². The lowest BCUT2D eigenvalue weighted by atomic mass is 9.95. The molecule has 1 saturated heterocycles. The van der Waals surface area contributed by atoms with E-state index in [4.69, 9.17) is 0 Å². The van der Waals surface area contributed by atoms with Gasteiger partial charge in [-0.25, -0.2) is 4.39 Å². The molecule has 0 aromatic heterocycles. The van der Waals surface area contributed by atoms with Gasteiger partial charge >= 0.3 is 0 Å². The lowest BCUT2D eigenvalue weighted by molar-refractivity contribution is -0.132. The summed E-state index contributed by atoms with van der Waals surface area (Å²) in [6.45, 7) is 1.89. The van der Waals surface area contributed by atoms with Gasteiger partial charge in [0.1, 0.15) is 17.3 Å². The van der Waals surface area contributed by atoms with Gasteiger partial charge in [0.2, 0.25) is 0 Å². The van der Waals surface area contributed by atoms with E-state index >= 15 is 0 Å². The molecule has 1 fully saturated rings. The maximum Gasteiger partial charge on any atom is 0.300 e. The van der Waals surface area contributed by atoms with Crippen LogP contribution in [0.1, 0.15) is 22.7 Å². The average Bonchev–Trinajstić information content (AvgIpc) is 3.00. The standard InChI is InChI=1S/C24H18FNO4/c1-14-2-4-16(5-3-14)22(28)20-21(15-6-8-17(25)9-7-15)26(24(30)23(20)29)18-10-12-19(27)13-11-18/h2-13,21,27-28H,1H3/t21-/m0/s1. The van der Waals surface area contributed by atoms with Crippen LogP contribution in [0, 0.1) is 12.7 Å². The zero-order valence-corrected chi connectivity index (χ0v) is 16.0. The minimum Gasteiger partial charge on any atom is -0.508 e. The minimum atomic E-state index is -0.948. The van der Waals surface area contributed by atoms with Gasteiger partial charge in [0.25, 0.3) is 11.7 Å². The van der Waals surface area contributed by atoms with Crippen molar-refractivity contribution < 1.29 is 24.2 Å². The Morgan fingerprint density at radius 1 is 0.900 bits per heavy atom. The van der Waals surface area contributed by atoms with E-state index in [-0.39, 0.29) is 17.1 Å². The molecule has 6 heteroatoms. The topological polar surface area (TPSA) is 77.8 Å². The quantitative estimate of drug-likeness (QED) is 0.384. The van der Waals surface area contributed by atoms with Crippen molar-refractivity contribution in [2.75, 3.05) is 4.90 Å². The van der Waals surface area contributed by atoms with Crippen LogP contribution in [0.2, 0.25) is 0 Å². The van der Waals surface area contributed by atoms with Gasteiger partial charge in [-0.15, -0.1) is 0 Å². The number of halogens is 1. The summed E-state index contributed by atoms with van der Waals surface area (Å²) in [6, 6.07) is 17.2. The first-order valence-electron chi connectivity index (χ1n) is 9.29. The van der Waals surface area contributed by atoms with Crippen LogP contribution in [0.25, 0.3) is 5.76 Å². The number of phenolic OH excluding ortho intramolecular Hbond substituents is 1. The number of aromatic hydroxyl groups is 1. The van der Waals surface area contributed by atoms with Gasteiger partial charge in [0.05, 0.1) is 11.6 Å². The molecule has 1 aliphatic rings. The zero-order chi connectivity index (χ0) is 21.4. The van der Waals surface area contributed by atoms with Gasteiger partial charge in [-0.2, -0.15) is 0 Å². The predicted molar refractivity (Wildman–Crippen MR) is 110 cm³/mol. The number of Topliss-reactive ketones (excluding diaryl/α,β-unsaturated/α-hetero) is 1. The van der Waals surface area contributed by atoms with Gasteiger partial charge in [0.15, 0.2) is 0 Å². The Morgan fingerprint density at radius 3 is 2.10 bits per heavy atom. The molecule has 0 bridgehead atoms. The molecule has 1 heterocycles. The molecule has 3 aromatic carbocycles. The number of amides is 1. The fraction of sp³-hybridized carbons (Fsp3) is 0.0833. The van der Waals surface area contributed by atoms with Crippen molar-refractivity contribution in [3.05, 3.63) is 101 Å². The van der Waals surface area contributed by atoms with Gasteiger partial charge in [-0.05, 0) is 48.9 Å². The minimum absolute atomic E-state index is 0.00771. The van der Waals surface area contributed by atoms with Crippen LogP contribution >= 0.6 is 0 Å². The number of ketones is 1. The van der Waals surface area contributed by atoms with Crippen molar-refractivity contribution in [2.24, 2.45) is 0 Å². The second-order valence-electron chi connectivity index (χ2n) is 7.10. The summed E-state index contributed by atoms with van der Waals surface area (Å²) in [6.07, 6.45) is 0. The summed E-state index contributed by atoms with van der Waals surface area (Å²) >= 11 is 0. The van der Waals surface area contributed by atoms with E-state index in [1.54, 1.807) is 24.3 Å². The van der Waals surface area contributed by atoms with Crippen molar-refractivity contribution in [1.29, 1.82) is 0 Å². The van der Waals surface area contributed by atoms with Crippen molar-refractivity contribution >= 4 is 23.1 Å². The van der Waals surface area contributed by atoms with Gasteiger partial charge in [0, 0.05) is 11.3 Å². The summed E-state index contributed by atoms with van der Waals surface area (Å²) < 4.78 is 13.5. The van der Waals surface area contributed by atoms with Crippen molar-refractivity contribution in [3.63, 3.8) is 0 Å². The Bertz CT molecular complexity index is 1150. The van der Waals surface area contributed by atoms with Gasteiger partial charge in [-0.3, -0.25) is 14.5 Å². The number of carbonyl (C=O) groups excluding carboxylic acids is 2. The molecule has 1 aliphatic heterocycles. The maximum atomic E-state index is 13.5. The molecule has 1 atom stereocenters. The molecule has 30 heavy (non-hydrogen) atoms. The molecule has 0 spiro atoms. The van der Waals surface area contributed by atoms with Crippen LogP contribution < -0.4 is 4.90 Å². The molecule has 0 unspecified atom stereocenters. The van der Waals surface area contributed by atoms with Crippen LogP contribution in [0.5, 0.6) is 5.75 Å². The fourth-order valence-electron chi connectivity index (χ4n) is 3.54. The number of aliphatic hydroxyl groups excluding tert-OH is 1. The summed E-state index contributed by atoms with van der Waals surface area (Å²) in [5.74, 6) is -2.41. The third-order valence-corrected chi connectivity index (χ3v) is 5.08. The maximum absolute atomic E-state index is 13.5. The molecule has 0 radical (unpaired) electrons. The highest BCUT2D eigenvalue weighted by molar-refractivity contribution is 6.51. The molecule has 1 amide bonds. The number of hydrogen-bond donors (Lipinski definition) is 2. The van der Waals surface area contributed by atoms with E-state index in [0.717, 1.165) is 5.56 Å². The molecule has 0 saturated carbocycles. The normalized spacial score (nSPS) is 18.1. The smallest absolute Gasteiger partial charge is 0.300 e. The highest BCUT2D eigenvalue weighted by Gasteiger charge is 2.46. The summed E-state index contributed by atoms with van der Waals surface area (Å²) in [5, 5.41) is 20.5. The third-order valence-electron chi connectivity index (χ3n) is 5.08. The summed E-state index contributed by atoms with van der Waals surface area (Å²) in [4.78, 5) is 27.1. The number of rotatable bonds is 3. The number of phenols is 1. The van der Waals surface area contributed by atoms with E-state index in [1.807, 2.05) is 6.92 Å². The van der Waals surface area contributed by atoms with Crippen molar-refractivity contribution in [2.45, 2.75) is 13.0 Å². The zero-order valence-electron chi connectivity index (χ0n) is 16.0. The van der Waals surface area contributed by atoms with Crippen LogP contribution in [-0.2, 0) is 9.59 Å². The number of aryl methyl sites for hydroxylation is 1. The first-order chi connectivity index (χ1) is 14.4. The Labute approximate surface area is 172 Å². The molecular weight excluding hydrogens is 385 g/mol. The number of carbonyl (C=O) groups is 2. The Hall–Kier alpha value is -3.93. The Kier molecular flexibility index (Phi) is 4.83. The molecule has 2 N–H and O–H groups in total. The molecule has 0 aliphatic carbocycles. The molecule has 4 rings (SSSR count). The monoisotopic (exact) mass is 403 g/mol. The second-order valence-corrected chi connectivity index (χ2v) is 7.10.